The Morgan fingerprint density at radius 2 is 1.94 bits per heavy atom. The van der Waals surface area contributed by atoms with Crippen LogP contribution in [0.2, 0.25) is 0 Å². The van der Waals surface area contributed by atoms with Gasteiger partial charge in [0.05, 0.1) is 6.54 Å². The zero-order valence-electron chi connectivity index (χ0n) is 18.4. The topological polar surface area (TPSA) is 81.7 Å². The number of nitrogens with one attached hydrogen (secondary N) is 3. The molecule has 8 heteroatoms. The average Bonchev–Trinajstić information content (AvgIpc) is 3.32. The molecule has 3 rings (SSSR count). The molecule has 0 unspecified atom stereocenters. The lowest BCUT2D eigenvalue weighted by Gasteiger charge is -2.16. The van der Waals surface area contributed by atoms with Crippen molar-refractivity contribution in [1.82, 2.24) is 20.9 Å². The van der Waals surface area contributed by atoms with Crippen molar-refractivity contribution < 1.29 is 4.79 Å². The second-order valence-corrected chi connectivity index (χ2v) is 7.37. The number of carbonyl (C=O) groups excluding carboxylic acids is 1. The smallest absolute Gasteiger partial charge is 0.251 e. The van der Waals surface area contributed by atoms with Crippen LogP contribution in [0.3, 0.4) is 0 Å². The predicted octanol–water partition coefficient (Wildman–Crippen LogP) is 2.96. The summed E-state index contributed by atoms with van der Waals surface area (Å²) >= 11 is 0. The molecule has 1 amide bonds. The minimum absolute atomic E-state index is 0. The Morgan fingerprint density at radius 3 is 2.68 bits per heavy atom. The van der Waals surface area contributed by atoms with E-state index in [0.717, 1.165) is 55.5 Å². The van der Waals surface area contributed by atoms with Gasteiger partial charge in [0, 0.05) is 45.0 Å². The molecule has 0 bridgehead atoms. The molecular weight excluding hydrogens is 503 g/mol. The molecule has 1 fully saturated rings. The maximum absolute atomic E-state index is 11.8. The Labute approximate surface area is 202 Å². The monoisotopic (exact) mass is 536 g/mol. The quantitative estimate of drug-likeness (QED) is 0.275. The number of halogens is 1. The molecule has 2 aromatic rings. The summed E-state index contributed by atoms with van der Waals surface area (Å²) in [6, 6.07) is 11.9. The SMILES string of the molecule is CCNC(=NCc1ccnc(N2CCCC2)c1)NCCc1cccc(C(=O)NC)c1.I. The van der Waals surface area contributed by atoms with Crippen LogP contribution in [0, 0.1) is 0 Å². The normalized spacial score (nSPS) is 13.5. The summed E-state index contributed by atoms with van der Waals surface area (Å²) < 4.78 is 0. The first-order valence-electron chi connectivity index (χ1n) is 10.7. The van der Waals surface area contributed by atoms with Crippen LogP contribution in [0.5, 0.6) is 0 Å². The molecular formula is C23H33IN6O. The number of pyridine rings is 1. The third kappa shape index (κ3) is 7.68. The molecule has 2 heterocycles. The minimum atomic E-state index is -0.0645. The lowest BCUT2D eigenvalue weighted by atomic mass is 10.1. The minimum Gasteiger partial charge on any atom is -0.357 e. The zero-order valence-corrected chi connectivity index (χ0v) is 20.7. The highest BCUT2D eigenvalue weighted by molar-refractivity contribution is 14.0. The summed E-state index contributed by atoms with van der Waals surface area (Å²) in [5.74, 6) is 1.78. The number of hydrogen-bond acceptors (Lipinski definition) is 4. The van der Waals surface area contributed by atoms with Gasteiger partial charge in [-0.15, -0.1) is 24.0 Å². The number of benzene rings is 1. The lowest BCUT2D eigenvalue weighted by Crippen LogP contribution is -2.38. The second-order valence-electron chi connectivity index (χ2n) is 7.37. The average molecular weight is 536 g/mol. The van der Waals surface area contributed by atoms with E-state index in [2.05, 4.69) is 38.8 Å². The third-order valence-electron chi connectivity index (χ3n) is 5.13. The molecule has 7 nitrogen and oxygen atoms in total. The molecule has 0 spiro atoms. The Kier molecular flexibility index (Phi) is 10.6. The fourth-order valence-corrected chi connectivity index (χ4v) is 3.53. The highest BCUT2D eigenvalue weighted by atomic mass is 127. The maximum atomic E-state index is 11.8. The van der Waals surface area contributed by atoms with E-state index in [4.69, 9.17) is 4.99 Å². The number of amides is 1. The number of aliphatic imine (C=N–C) groups is 1. The summed E-state index contributed by atoms with van der Waals surface area (Å²) in [4.78, 5) is 23.4. The van der Waals surface area contributed by atoms with Gasteiger partial charge in [0.25, 0.3) is 5.91 Å². The lowest BCUT2D eigenvalue weighted by molar-refractivity contribution is 0.0963. The summed E-state index contributed by atoms with van der Waals surface area (Å²) in [5, 5.41) is 9.34. The van der Waals surface area contributed by atoms with Crippen LogP contribution in [0.4, 0.5) is 5.82 Å². The van der Waals surface area contributed by atoms with Crippen LogP contribution in [-0.4, -0.2) is 50.1 Å². The molecule has 1 aliphatic heterocycles. The second kappa shape index (κ2) is 13.1. The number of carbonyl (C=O) groups is 1. The number of rotatable bonds is 8. The van der Waals surface area contributed by atoms with E-state index in [-0.39, 0.29) is 29.9 Å². The van der Waals surface area contributed by atoms with E-state index >= 15 is 0 Å². The molecule has 0 saturated carbocycles. The molecule has 1 aromatic carbocycles. The van der Waals surface area contributed by atoms with Crippen LogP contribution in [0.1, 0.15) is 41.3 Å². The summed E-state index contributed by atoms with van der Waals surface area (Å²) in [6.45, 7) is 6.37. The third-order valence-corrected chi connectivity index (χ3v) is 5.13. The molecule has 31 heavy (non-hydrogen) atoms. The van der Waals surface area contributed by atoms with Gasteiger partial charge in [0.1, 0.15) is 5.82 Å². The van der Waals surface area contributed by atoms with Crippen LogP contribution in [0.25, 0.3) is 0 Å². The largest absolute Gasteiger partial charge is 0.357 e. The Balaban J connectivity index is 0.00000341. The fraction of sp³-hybridized carbons (Fsp3) is 0.435. The van der Waals surface area contributed by atoms with Gasteiger partial charge in [-0.1, -0.05) is 12.1 Å². The predicted molar refractivity (Wildman–Crippen MR) is 137 cm³/mol. The van der Waals surface area contributed by atoms with Gasteiger partial charge < -0.3 is 20.9 Å². The van der Waals surface area contributed by atoms with Gasteiger partial charge in [-0.2, -0.15) is 0 Å². The van der Waals surface area contributed by atoms with E-state index in [0.29, 0.717) is 12.1 Å². The standard InChI is InChI=1S/C23H32N6O.HI/c1-3-25-23(27-12-9-18-7-6-8-20(15-18)22(30)24-2)28-17-19-10-11-26-21(16-19)29-13-4-5-14-29;/h6-8,10-11,15-16H,3-5,9,12-14,17H2,1-2H3,(H,24,30)(H2,25,27,28);1H. The maximum Gasteiger partial charge on any atom is 0.251 e. The van der Waals surface area contributed by atoms with Gasteiger partial charge in [-0.25, -0.2) is 9.98 Å². The molecule has 1 aromatic heterocycles. The molecule has 0 aliphatic carbocycles. The van der Waals surface area contributed by atoms with Crippen molar-refractivity contribution in [2.45, 2.75) is 32.7 Å². The first-order chi connectivity index (χ1) is 14.7. The van der Waals surface area contributed by atoms with Gasteiger partial charge >= 0.3 is 0 Å². The highest BCUT2D eigenvalue weighted by Crippen LogP contribution is 2.18. The molecule has 0 radical (unpaired) electrons. The number of guanidine groups is 1. The number of hydrogen-bond donors (Lipinski definition) is 3. The number of anilines is 1. The van der Waals surface area contributed by atoms with E-state index in [1.807, 2.05) is 36.5 Å². The van der Waals surface area contributed by atoms with E-state index in [1.54, 1.807) is 7.05 Å². The van der Waals surface area contributed by atoms with Crippen molar-refractivity contribution in [3.63, 3.8) is 0 Å². The van der Waals surface area contributed by atoms with Crippen LogP contribution in [0.15, 0.2) is 47.6 Å². The summed E-state index contributed by atoms with van der Waals surface area (Å²) in [5.41, 5.74) is 2.95. The Hall–Kier alpha value is -2.36. The van der Waals surface area contributed by atoms with E-state index < -0.39 is 0 Å². The van der Waals surface area contributed by atoms with Crippen LogP contribution < -0.4 is 20.9 Å². The number of aromatic nitrogens is 1. The van der Waals surface area contributed by atoms with E-state index in [9.17, 15) is 4.79 Å². The highest BCUT2D eigenvalue weighted by Gasteiger charge is 2.13. The first-order valence-corrected chi connectivity index (χ1v) is 10.7. The van der Waals surface area contributed by atoms with Crippen LogP contribution >= 0.6 is 24.0 Å². The van der Waals surface area contributed by atoms with Crippen LogP contribution in [-0.2, 0) is 13.0 Å². The number of nitrogens with zero attached hydrogens (tertiary/aromatic N) is 3. The Bertz CT molecular complexity index is 867. The van der Waals surface area contributed by atoms with Gasteiger partial charge in [-0.05, 0) is 61.6 Å². The Morgan fingerprint density at radius 1 is 1.13 bits per heavy atom. The van der Waals surface area contributed by atoms with E-state index in [1.165, 1.54) is 12.8 Å². The summed E-state index contributed by atoms with van der Waals surface area (Å²) in [7, 11) is 1.65. The first kappa shape index (κ1) is 24.9. The molecule has 1 aliphatic rings. The van der Waals surface area contributed by atoms with Gasteiger partial charge in [0.2, 0.25) is 0 Å². The van der Waals surface area contributed by atoms with Crippen molar-refractivity contribution in [2.24, 2.45) is 4.99 Å². The molecule has 1 saturated heterocycles. The van der Waals surface area contributed by atoms with Crippen molar-refractivity contribution in [3.05, 3.63) is 59.3 Å². The van der Waals surface area contributed by atoms with Crippen molar-refractivity contribution in [1.29, 1.82) is 0 Å². The van der Waals surface area contributed by atoms with Gasteiger partial charge in [-0.3, -0.25) is 4.79 Å². The van der Waals surface area contributed by atoms with Crippen molar-refractivity contribution in [3.8, 4) is 0 Å². The summed E-state index contributed by atoms with van der Waals surface area (Å²) in [6.07, 6.45) is 5.16. The van der Waals surface area contributed by atoms with Crippen molar-refractivity contribution in [2.75, 3.05) is 38.1 Å². The molecule has 0 atom stereocenters. The molecule has 168 valence electrons. The molecule has 3 N–H and O–H groups in total. The van der Waals surface area contributed by atoms with Crippen molar-refractivity contribution >= 4 is 41.7 Å². The van der Waals surface area contributed by atoms with Gasteiger partial charge in [0.15, 0.2) is 5.96 Å². The zero-order chi connectivity index (χ0) is 21.2. The fourth-order valence-electron chi connectivity index (χ4n) is 3.53.